The molecule has 0 saturated carbocycles. The highest BCUT2D eigenvalue weighted by atomic mass is 16.5. The maximum atomic E-state index is 11.7. The highest BCUT2D eigenvalue weighted by Gasteiger charge is 2.15. The number of methoxy groups -OCH3 is 1. The number of aromatic amines is 1. The number of hydrogen-bond donors (Lipinski definition) is 3. The molecule has 0 aliphatic carbocycles. The Hall–Kier alpha value is -1.80. The van der Waals surface area contributed by atoms with Gasteiger partial charge in [-0.3, -0.25) is 14.3 Å². The van der Waals surface area contributed by atoms with Crippen molar-refractivity contribution < 1.29 is 9.84 Å². The lowest BCUT2D eigenvalue weighted by Crippen LogP contribution is -2.38. The number of aliphatic hydroxyl groups is 1. The van der Waals surface area contributed by atoms with Gasteiger partial charge in [0.1, 0.15) is 11.5 Å². The van der Waals surface area contributed by atoms with Gasteiger partial charge in [-0.2, -0.15) is 0 Å². The molecule has 1 aromatic heterocycles. The molecule has 0 aliphatic rings. The van der Waals surface area contributed by atoms with E-state index >= 15 is 0 Å². The molecule has 0 spiro atoms. The summed E-state index contributed by atoms with van der Waals surface area (Å²) in [5.74, 6) is 0.0664. The first-order valence-corrected chi connectivity index (χ1v) is 5.46. The van der Waals surface area contributed by atoms with Gasteiger partial charge in [0.15, 0.2) is 0 Å². The minimum atomic E-state index is -0.573. The molecule has 1 rings (SSSR count). The molecule has 8 heteroatoms. The SMILES string of the molecule is COCCn1c(N)c(N(C)CCO)c(=O)[nH]c1=O. The Balaban J connectivity index is 3.26. The smallest absolute Gasteiger partial charge is 0.330 e. The standard InChI is InChI=1S/C10H18N4O4/c1-13(3-5-15)7-8(11)14(4-6-18-2)10(17)12-9(7)16/h15H,3-6,11H2,1-2H3,(H,12,16,17). The number of H-pyrrole nitrogens is 1. The fraction of sp³-hybridized carbons (Fsp3) is 0.600. The summed E-state index contributed by atoms with van der Waals surface area (Å²) in [6, 6.07) is 0. The van der Waals surface area contributed by atoms with E-state index in [-0.39, 0.29) is 31.2 Å². The van der Waals surface area contributed by atoms with Crippen LogP contribution in [0.1, 0.15) is 0 Å². The molecule has 18 heavy (non-hydrogen) atoms. The van der Waals surface area contributed by atoms with Gasteiger partial charge in [0.25, 0.3) is 5.56 Å². The Morgan fingerprint density at radius 1 is 1.50 bits per heavy atom. The minimum absolute atomic E-state index is 0.0664. The summed E-state index contributed by atoms with van der Waals surface area (Å²) < 4.78 is 6.10. The topological polar surface area (TPSA) is 114 Å². The van der Waals surface area contributed by atoms with Gasteiger partial charge in [-0.1, -0.05) is 0 Å². The second kappa shape index (κ2) is 6.22. The molecule has 102 valence electrons. The van der Waals surface area contributed by atoms with E-state index in [1.807, 2.05) is 0 Å². The third-order valence-electron chi connectivity index (χ3n) is 2.55. The number of rotatable bonds is 6. The van der Waals surface area contributed by atoms with Gasteiger partial charge in [-0.25, -0.2) is 4.79 Å². The second-order valence-corrected chi connectivity index (χ2v) is 3.78. The Morgan fingerprint density at radius 3 is 2.72 bits per heavy atom. The lowest BCUT2D eigenvalue weighted by molar-refractivity contribution is 0.186. The lowest BCUT2D eigenvalue weighted by Gasteiger charge is -2.20. The highest BCUT2D eigenvalue weighted by molar-refractivity contribution is 5.61. The molecule has 1 aromatic rings. The summed E-state index contributed by atoms with van der Waals surface area (Å²) in [6.07, 6.45) is 0. The average Bonchev–Trinajstić information content (AvgIpc) is 2.28. The molecule has 0 bridgehead atoms. The Labute approximate surface area is 104 Å². The van der Waals surface area contributed by atoms with Crippen LogP contribution in [-0.2, 0) is 11.3 Å². The van der Waals surface area contributed by atoms with Crippen LogP contribution in [0.2, 0.25) is 0 Å². The summed E-state index contributed by atoms with van der Waals surface area (Å²) in [5.41, 5.74) is 4.85. The van der Waals surface area contributed by atoms with Crippen molar-refractivity contribution in [1.82, 2.24) is 9.55 Å². The summed E-state index contributed by atoms with van der Waals surface area (Å²) >= 11 is 0. The first-order chi connectivity index (χ1) is 8.52. The number of nitrogen functional groups attached to an aromatic ring is 1. The third-order valence-corrected chi connectivity index (χ3v) is 2.55. The monoisotopic (exact) mass is 258 g/mol. The number of nitrogens with zero attached hydrogens (tertiary/aromatic N) is 2. The zero-order chi connectivity index (χ0) is 13.7. The first-order valence-electron chi connectivity index (χ1n) is 5.46. The Bertz CT molecular complexity index is 508. The van der Waals surface area contributed by atoms with Gasteiger partial charge in [0.2, 0.25) is 0 Å². The molecule has 0 aliphatic heterocycles. The molecule has 0 radical (unpaired) electrons. The maximum Gasteiger partial charge on any atom is 0.330 e. The number of ether oxygens (including phenoxy) is 1. The van der Waals surface area contributed by atoms with Crippen LogP contribution in [0.4, 0.5) is 11.5 Å². The summed E-state index contributed by atoms with van der Waals surface area (Å²) in [6.45, 7) is 0.680. The van der Waals surface area contributed by atoms with Crippen LogP contribution in [-0.4, -0.2) is 48.6 Å². The molecule has 0 unspecified atom stereocenters. The fourth-order valence-electron chi connectivity index (χ4n) is 1.61. The predicted molar refractivity (Wildman–Crippen MR) is 68.0 cm³/mol. The molecular weight excluding hydrogens is 240 g/mol. The summed E-state index contributed by atoms with van der Waals surface area (Å²) in [7, 11) is 3.12. The van der Waals surface area contributed by atoms with Crippen LogP contribution >= 0.6 is 0 Å². The largest absolute Gasteiger partial charge is 0.395 e. The van der Waals surface area contributed by atoms with E-state index in [0.29, 0.717) is 6.61 Å². The van der Waals surface area contributed by atoms with Crippen molar-refractivity contribution in [2.24, 2.45) is 0 Å². The minimum Gasteiger partial charge on any atom is -0.395 e. The zero-order valence-electron chi connectivity index (χ0n) is 10.5. The number of anilines is 2. The lowest BCUT2D eigenvalue weighted by atomic mass is 10.4. The normalized spacial score (nSPS) is 10.6. The van der Waals surface area contributed by atoms with Crippen molar-refractivity contribution in [3.8, 4) is 0 Å². The summed E-state index contributed by atoms with van der Waals surface area (Å²) in [5, 5.41) is 8.86. The second-order valence-electron chi connectivity index (χ2n) is 3.78. The van der Waals surface area contributed by atoms with Crippen molar-refractivity contribution >= 4 is 11.5 Å². The predicted octanol–water partition coefficient (Wildman–Crippen LogP) is -1.81. The number of hydrogen-bond acceptors (Lipinski definition) is 6. The highest BCUT2D eigenvalue weighted by Crippen LogP contribution is 2.13. The number of likely N-dealkylation sites (N-methyl/N-ethyl adjacent to an activating group) is 1. The van der Waals surface area contributed by atoms with Crippen molar-refractivity contribution in [2.75, 3.05) is 44.5 Å². The number of aromatic nitrogens is 2. The van der Waals surface area contributed by atoms with Crippen molar-refractivity contribution in [1.29, 1.82) is 0 Å². The number of nitrogens with one attached hydrogen (secondary N) is 1. The molecule has 0 amide bonds. The fourth-order valence-corrected chi connectivity index (χ4v) is 1.61. The van der Waals surface area contributed by atoms with Crippen LogP contribution in [0.25, 0.3) is 0 Å². The molecule has 0 saturated heterocycles. The number of nitrogens with two attached hydrogens (primary N) is 1. The van der Waals surface area contributed by atoms with Crippen LogP contribution in [0.3, 0.4) is 0 Å². The Kier molecular flexibility index (Phi) is 4.93. The van der Waals surface area contributed by atoms with E-state index in [2.05, 4.69) is 4.98 Å². The molecular formula is C10H18N4O4. The van der Waals surface area contributed by atoms with Crippen molar-refractivity contribution in [2.45, 2.75) is 6.54 Å². The molecule has 1 heterocycles. The van der Waals surface area contributed by atoms with Gasteiger partial charge in [-0.05, 0) is 0 Å². The molecule has 0 atom stereocenters. The Morgan fingerprint density at radius 2 is 2.17 bits per heavy atom. The van der Waals surface area contributed by atoms with Crippen LogP contribution in [0.5, 0.6) is 0 Å². The zero-order valence-corrected chi connectivity index (χ0v) is 10.5. The van der Waals surface area contributed by atoms with Gasteiger partial charge in [-0.15, -0.1) is 0 Å². The van der Waals surface area contributed by atoms with Crippen LogP contribution < -0.4 is 21.9 Å². The van der Waals surface area contributed by atoms with E-state index in [1.165, 1.54) is 16.6 Å². The van der Waals surface area contributed by atoms with Crippen molar-refractivity contribution in [3.63, 3.8) is 0 Å². The molecule has 0 aromatic carbocycles. The first kappa shape index (κ1) is 14.3. The molecule has 4 N–H and O–H groups in total. The van der Waals surface area contributed by atoms with E-state index in [1.54, 1.807) is 7.05 Å². The maximum absolute atomic E-state index is 11.7. The van der Waals surface area contributed by atoms with E-state index in [4.69, 9.17) is 15.6 Å². The van der Waals surface area contributed by atoms with Gasteiger partial charge in [0, 0.05) is 20.7 Å². The van der Waals surface area contributed by atoms with Gasteiger partial charge in [0.05, 0.1) is 19.8 Å². The van der Waals surface area contributed by atoms with Gasteiger partial charge >= 0.3 is 5.69 Å². The van der Waals surface area contributed by atoms with E-state index in [0.717, 1.165) is 0 Å². The number of aliphatic hydroxyl groups excluding tert-OH is 1. The van der Waals surface area contributed by atoms with Crippen LogP contribution in [0.15, 0.2) is 9.59 Å². The van der Waals surface area contributed by atoms with E-state index < -0.39 is 11.2 Å². The quantitative estimate of drug-likeness (QED) is 0.554. The van der Waals surface area contributed by atoms with Crippen LogP contribution in [0, 0.1) is 0 Å². The van der Waals surface area contributed by atoms with E-state index in [9.17, 15) is 9.59 Å². The van der Waals surface area contributed by atoms with Gasteiger partial charge < -0.3 is 20.5 Å². The third kappa shape index (κ3) is 2.90. The molecule has 8 nitrogen and oxygen atoms in total. The van der Waals surface area contributed by atoms with Crippen molar-refractivity contribution in [3.05, 3.63) is 20.8 Å². The summed E-state index contributed by atoms with van der Waals surface area (Å²) in [4.78, 5) is 27.0. The average molecular weight is 258 g/mol. The molecule has 0 fully saturated rings.